The molecule has 0 spiro atoms. The van der Waals surface area contributed by atoms with Crippen LogP contribution < -0.4 is 5.32 Å². The van der Waals surface area contributed by atoms with E-state index in [1.807, 2.05) is 47.1 Å². The predicted molar refractivity (Wildman–Crippen MR) is 82.0 cm³/mol. The molecule has 0 bridgehead atoms. The molecule has 0 aromatic carbocycles. The third-order valence-electron chi connectivity index (χ3n) is 3.85. The molecule has 1 aliphatic rings. The highest BCUT2D eigenvalue weighted by Gasteiger charge is 2.30. The summed E-state index contributed by atoms with van der Waals surface area (Å²) in [5.41, 5.74) is 0.00909. The second-order valence-corrected chi connectivity index (χ2v) is 7.48. The molecule has 0 aliphatic heterocycles. The van der Waals surface area contributed by atoms with Gasteiger partial charge in [-0.05, 0) is 53.4 Å². The molecule has 1 amide bonds. The standard InChI is InChI=1S/C16H27N3O2/c1-15(2,3)21-14(20)18-16(4,5)13-9-17-11-19(13)10-12-7-6-8-12/h9,11-12H,6-8,10H2,1-5H3,(H,18,20). The topological polar surface area (TPSA) is 56.1 Å². The van der Waals surface area contributed by atoms with E-state index in [9.17, 15) is 4.79 Å². The first-order valence-corrected chi connectivity index (χ1v) is 7.69. The van der Waals surface area contributed by atoms with Crippen molar-refractivity contribution in [1.29, 1.82) is 0 Å². The van der Waals surface area contributed by atoms with Crippen LogP contribution >= 0.6 is 0 Å². The first-order chi connectivity index (χ1) is 9.67. The third-order valence-corrected chi connectivity index (χ3v) is 3.85. The van der Waals surface area contributed by atoms with Crippen molar-refractivity contribution in [3.05, 3.63) is 18.2 Å². The maximum absolute atomic E-state index is 12.0. The smallest absolute Gasteiger partial charge is 0.408 e. The largest absolute Gasteiger partial charge is 0.444 e. The van der Waals surface area contributed by atoms with E-state index >= 15 is 0 Å². The molecule has 5 heteroatoms. The Hall–Kier alpha value is -1.52. The van der Waals surface area contributed by atoms with Crippen molar-refractivity contribution in [3.63, 3.8) is 0 Å². The second-order valence-electron chi connectivity index (χ2n) is 7.48. The van der Waals surface area contributed by atoms with E-state index in [1.54, 1.807) is 0 Å². The number of alkyl carbamates (subject to hydrolysis) is 1. The zero-order valence-electron chi connectivity index (χ0n) is 13.8. The molecule has 1 N–H and O–H groups in total. The molecule has 118 valence electrons. The van der Waals surface area contributed by atoms with E-state index in [0.29, 0.717) is 0 Å². The molecule has 2 rings (SSSR count). The van der Waals surface area contributed by atoms with Crippen molar-refractivity contribution >= 4 is 6.09 Å². The van der Waals surface area contributed by atoms with E-state index in [1.165, 1.54) is 19.3 Å². The summed E-state index contributed by atoms with van der Waals surface area (Å²) < 4.78 is 7.50. The van der Waals surface area contributed by atoms with E-state index in [2.05, 4.69) is 14.9 Å². The number of imidazole rings is 1. The number of hydrogen-bond donors (Lipinski definition) is 1. The quantitative estimate of drug-likeness (QED) is 0.925. The maximum Gasteiger partial charge on any atom is 0.408 e. The van der Waals surface area contributed by atoms with Crippen LogP contribution in [0, 0.1) is 5.92 Å². The summed E-state index contributed by atoms with van der Waals surface area (Å²) in [6.45, 7) is 10.5. The lowest BCUT2D eigenvalue weighted by molar-refractivity contribution is 0.0466. The number of nitrogens with zero attached hydrogens (tertiary/aromatic N) is 2. The number of ether oxygens (including phenoxy) is 1. The highest BCUT2D eigenvalue weighted by Crippen LogP contribution is 2.30. The minimum Gasteiger partial charge on any atom is -0.444 e. The average molecular weight is 293 g/mol. The Balaban J connectivity index is 2.04. The summed E-state index contributed by atoms with van der Waals surface area (Å²) >= 11 is 0. The number of carbonyl (C=O) groups excluding carboxylic acids is 1. The number of rotatable bonds is 4. The molecule has 1 aromatic rings. The van der Waals surface area contributed by atoms with Crippen molar-refractivity contribution < 1.29 is 9.53 Å². The van der Waals surface area contributed by atoms with Crippen molar-refractivity contribution in [2.75, 3.05) is 0 Å². The minimum absolute atomic E-state index is 0.399. The Morgan fingerprint density at radius 1 is 1.38 bits per heavy atom. The molecule has 5 nitrogen and oxygen atoms in total. The Kier molecular flexibility index (Phi) is 4.30. The van der Waals surface area contributed by atoms with Gasteiger partial charge in [-0.15, -0.1) is 0 Å². The van der Waals surface area contributed by atoms with E-state index in [0.717, 1.165) is 18.2 Å². The first kappa shape index (κ1) is 15.9. The zero-order valence-corrected chi connectivity index (χ0v) is 13.8. The monoisotopic (exact) mass is 293 g/mol. The van der Waals surface area contributed by atoms with Gasteiger partial charge in [-0.1, -0.05) is 6.42 Å². The molecule has 1 aromatic heterocycles. The second kappa shape index (κ2) is 5.70. The van der Waals surface area contributed by atoms with Crippen LogP contribution in [0.5, 0.6) is 0 Å². The fourth-order valence-corrected chi connectivity index (χ4v) is 2.56. The Labute approximate surface area is 127 Å². The highest BCUT2D eigenvalue weighted by molar-refractivity contribution is 5.68. The van der Waals surface area contributed by atoms with E-state index in [-0.39, 0.29) is 0 Å². The average Bonchev–Trinajstić information content (AvgIpc) is 2.68. The fraction of sp³-hybridized carbons (Fsp3) is 0.750. The van der Waals surface area contributed by atoms with Gasteiger partial charge in [-0.2, -0.15) is 0 Å². The molecule has 21 heavy (non-hydrogen) atoms. The van der Waals surface area contributed by atoms with Gasteiger partial charge in [0.25, 0.3) is 0 Å². The van der Waals surface area contributed by atoms with Crippen LogP contribution in [0.3, 0.4) is 0 Å². The van der Waals surface area contributed by atoms with Gasteiger partial charge in [-0.3, -0.25) is 0 Å². The van der Waals surface area contributed by atoms with Crippen LogP contribution in [0.4, 0.5) is 4.79 Å². The summed E-state index contributed by atoms with van der Waals surface area (Å²) in [7, 11) is 0. The summed E-state index contributed by atoms with van der Waals surface area (Å²) in [4.78, 5) is 16.3. The van der Waals surface area contributed by atoms with Gasteiger partial charge in [-0.25, -0.2) is 9.78 Å². The van der Waals surface area contributed by atoms with Gasteiger partial charge in [0.15, 0.2) is 0 Å². The number of nitrogens with one attached hydrogen (secondary N) is 1. The van der Waals surface area contributed by atoms with Crippen molar-refractivity contribution in [2.45, 2.75) is 71.6 Å². The van der Waals surface area contributed by atoms with Gasteiger partial charge in [0.1, 0.15) is 5.60 Å². The minimum atomic E-state index is -0.511. The highest BCUT2D eigenvalue weighted by atomic mass is 16.6. The number of amides is 1. The Morgan fingerprint density at radius 2 is 2.05 bits per heavy atom. The van der Waals surface area contributed by atoms with Crippen LogP contribution in [0.25, 0.3) is 0 Å². The van der Waals surface area contributed by atoms with Crippen molar-refractivity contribution in [3.8, 4) is 0 Å². The summed E-state index contributed by atoms with van der Waals surface area (Å²) in [6.07, 6.45) is 7.19. The lowest BCUT2D eigenvalue weighted by atomic mass is 9.85. The van der Waals surface area contributed by atoms with E-state index in [4.69, 9.17) is 4.74 Å². The normalized spacial score (nSPS) is 16.4. The lowest BCUT2D eigenvalue weighted by Gasteiger charge is -2.31. The molecule has 0 atom stereocenters. The van der Waals surface area contributed by atoms with Crippen LogP contribution in [-0.2, 0) is 16.8 Å². The number of hydrogen-bond acceptors (Lipinski definition) is 3. The lowest BCUT2D eigenvalue weighted by Crippen LogP contribution is -2.45. The Morgan fingerprint density at radius 3 is 2.57 bits per heavy atom. The third kappa shape index (κ3) is 4.22. The molecule has 0 unspecified atom stereocenters. The molecule has 1 saturated carbocycles. The van der Waals surface area contributed by atoms with Crippen molar-refractivity contribution in [2.24, 2.45) is 5.92 Å². The molecule has 1 aliphatic carbocycles. The SMILES string of the molecule is CC(C)(C)OC(=O)NC(C)(C)c1cncn1CC1CCC1. The van der Waals surface area contributed by atoms with Crippen LogP contribution in [-0.4, -0.2) is 21.2 Å². The van der Waals surface area contributed by atoms with Gasteiger partial charge >= 0.3 is 6.09 Å². The first-order valence-electron chi connectivity index (χ1n) is 7.69. The molecule has 0 saturated heterocycles. The number of aromatic nitrogens is 2. The number of carbonyl (C=O) groups is 1. The van der Waals surface area contributed by atoms with Crippen LogP contribution in [0.1, 0.15) is 59.6 Å². The van der Waals surface area contributed by atoms with Crippen LogP contribution in [0.15, 0.2) is 12.5 Å². The summed E-state index contributed by atoms with van der Waals surface area (Å²) in [6, 6.07) is 0. The zero-order chi connectivity index (χ0) is 15.7. The van der Waals surface area contributed by atoms with Gasteiger partial charge in [0, 0.05) is 6.54 Å². The fourth-order valence-electron chi connectivity index (χ4n) is 2.56. The van der Waals surface area contributed by atoms with Gasteiger partial charge in [0.2, 0.25) is 0 Å². The van der Waals surface area contributed by atoms with E-state index < -0.39 is 17.2 Å². The molecule has 1 heterocycles. The predicted octanol–water partition coefficient (Wildman–Crippen LogP) is 3.44. The molecule has 1 fully saturated rings. The summed E-state index contributed by atoms with van der Waals surface area (Å²) in [5, 5.41) is 2.94. The molecular weight excluding hydrogens is 266 g/mol. The molecule has 0 radical (unpaired) electrons. The van der Waals surface area contributed by atoms with Gasteiger partial charge in [0.05, 0.1) is 23.8 Å². The summed E-state index contributed by atoms with van der Waals surface area (Å²) in [5.74, 6) is 0.746. The van der Waals surface area contributed by atoms with Crippen molar-refractivity contribution in [1.82, 2.24) is 14.9 Å². The van der Waals surface area contributed by atoms with Gasteiger partial charge < -0.3 is 14.6 Å². The maximum atomic E-state index is 12.0. The molecular formula is C16H27N3O2. The Bertz CT molecular complexity index is 496. The van der Waals surface area contributed by atoms with Crippen LogP contribution in [0.2, 0.25) is 0 Å².